The molecule has 5 rings (SSSR count). The van der Waals surface area contributed by atoms with Crippen LogP contribution in [0.4, 0.5) is 26.2 Å². The van der Waals surface area contributed by atoms with E-state index in [1.54, 1.807) is 42.6 Å². The molecule has 3 amide bonds. The zero-order valence-corrected chi connectivity index (χ0v) is 20.1. The van der Waals surface area contributed by atoms with Crippen molar-refractivity contribution in [3.8, 4) is 22.5 Å². The molecule has 4 aromatic rings. The highest BCUT2D eigenvalue weighted by molar-refractivity contribution is 6.06. The number of carbonyl (C=O) groups excluding carboxylic acids is 2. The van der Waals surface area contributed by atoms with Crippen molar-refractivity contribution in [3.63, 3.8) is 0 Å². The van der Waals surface area contributed by atoms with Gasteiger partial charge in [0.05, 0.1) is 5.56 Å². The van der Waals surface area contributed by atoms with E-state index in [1.807, 2.05) is 38.1 Å². The molecule has 4 N–H and O–H groups in total. The van der Waals surface area contributed by atoms with Gasteiger partial charge in [0.2, 0.25) is 0 Å². The van der Waals surface area contributed by atoms with Gasteiger partial charge in [-0.2, -0.15) is 0 Å². The van der Waals surface area contributed by atoms with Gasteiger partial charge in [0, 0.05) is 60.7 Å². The van der Waals surface area contributed by atoms with E-state index in [4.69, 9.17) is 0 Å². The van der Waals surface area contributed by atoms with Crippen LogP contribution in [0, 0.1) is 12.7 Å². The molecule has 1 aliphatic heterocycles. The number of H-pyrrole nitrogens is 1. The van der Waals surface area contributed by atoms with E-state index in [-0.39, 0.29) is 5.91 Å². The minimum atomic E-state index is -0.508. The molecular weight excluding hydrogens is 459 g/mol. The summed E-state index contributed by atoms with van der Waals surface area (Å²) in [5, 5.41) is 8.23. The van der Waals surface area contributed by atoms with Crippen molar-refractivity contribution >= 4 is 29.0 Å². The molecule has 36 heavy (non-hydrogen) atoms. The zero-order valence-electron chi connectivity index (χ0n) is 20.1. The molecule has 8 nitrogen and oxygen atoms in total. The summed E-state index contributed by atoms with van der Waals surface area (Å²) >= 11 is 0. The van der Waals surface area contributed by atoms with E-state index in [9.17, 15) is 9.59 Å². The number of urea groups is 1. The highest BCUT2D eigenvalue weighted by Crippen LogP contribution is 2.36. The van der Waals surface area contributed by atoms with Crippen LogP contribution in [0.25, 0.3) is 22.5 Å². The van der Waals surface area contributed by atoms with Gasteiger partial charge in [-0.15, -0.1) is 0 Å². The smallest absolute Gasteiger partial charge is 0.323 e. The summed E-state index contributed by atoms with van der Waals surface area (Å²) in [5.41, 5.74) is 5.65. The molecule has 0 aliphatic carbocycles. The van der Waals surface area contributed by atoms with E-state index in [1.165, 1.54) is 6.07 Å². The lowest BCUT2D eigenvalue weighted by atomic mass is 9.92. The number of nitrogens with one attached hydrogen (secondary N) is 4. The summed E-state index contributed by atoms with van der Waals surface area (Å²) in [4.78, 5) is 34.5. The van der Waals surface area contributed by atoms with E-state index in [0.717, 1.165) is 11.4 Å². The molecule has 0 fully saturated rings. The van der Waals surface area contributed by atoms with Crippen LogP contribution in [0.1, 0.15) is 21.6 Å². The molecule has 1 aliphatic rings. The van der Waals surface area contributed by atoms with E-state index in [2.05, 4.69) is 25.9 Å². The summed E-state index contributed by atoms with van der Waals surface area (Å²) in [6.07, 6.45) is 1.70. The third-order valence-electron chi connectivity index (χ3n) is 6.08. The van der Waals surface area contributed by atoms with Gasteiger partial charge in [0.25, 0.3) is 5.91 Å². The van der Waals surface area contributed by atoms with Crippen molar-refractivity contribution in [2.24, 2.45) is 0 Å². The Hall–Kier alpha value is -4.66. The van der Waals surface area contributed by atoms with Gasteiger partial charge in [-0.3, -0.25) is 4.79 Å². The lowest BCUT2D eigenvalue weighted by Crippen LogP contribution is -2.19. The second-order valence-electron chi connectivity index (χ2n) is 8.83. The third-order valence-corrected chi connectivity index (χ3v) is 6.08. The Kier molecular flexibility index (Phi) is 5.89. The molecule has 182 valence electrons. The van der Waals surface area contributed by atoms with Gasteiger partial charge < -0.3 is 25.8 Å². The minimum Gasteiger partial charge on any atom is -0.378 e. The fraction of sp³-hybridized carbons (Fsp3) is 0.148. The fourth-order valence-electron chi connectivity index (χ4n) is 4.29. The summed E-state index contributed by atoms with van der Waals surface area (Å²) in [5.74, 6) is -0.133. The van der Waals surface area contributed by atoms with Gasteiger partial charge in [-0.1, -0.05) is 6.07 Å². The first-order chi connectivity index (χ1) is 17.3. The number of aromatic amines is 1. The van der Waals surface area contributed by atoms with Crippen molar-refractivity contribution in [2.45, 2.75) is 13.5 Å². The van der Waals surface area contributed by atoms with Crippen molar-refractivity contribution in [2.75, 3.05) is 29.6 Å². The lowest BCUT2D eigenvalue weighted by Gasteiger charge is -2.14. The maximum absolute atomic E-state index is 15.2. The van der Waals surface area contributed by atoms with Crippen LogP contribution in [0.5, 0.6) is 0 Å². The monoisotopic (exact) mass is 484 g/mol. The number of fused-ring (bicyclic) bond motifs is 1. The molecule has 0 saturated carbocycles. The normalized spacial score (nSPS) is 12.2. The third kappa shape index (κ3) is 4.38. The maximum Gasteiger partial charge on any atom is 0.323 e. The number of hydrogen-bond donors (Lipinski definition) is 4. The van der Waals surface area contributed by atoms with Gasteiger partial charge in [-0.25, -0.2) is 14.2 Å². The Morgan fingerprint density at radius 1 is 0.972 bits per heavy atom. The van der Waals surface area contributed by atoms with Crippen LogP contribution in [0.2, 0.25) is 0 Å². The van der Waals surface area contributed by atoms with Gasteiger partial charge >= 0.3 is 6.03 Å². The number of carbonyl (C=O) groups is 2. The Morgan fingerprint density at radius 2 is 1.64 bits per heavy atom. The molecule has 2 heterocycles. The second-order valence-corrected chi connectivity index (χ2v) is 8.83. The van der Waals surface area contributed by atoms with E-state index < -0.39 is 11.8 Å². The van der Waals surface area contributed by atoms with Crippen LogP contribution in [0.3, 0.4) is 0 Å². The lowest BCUT2D eigenvalue weighted by molar-refractivity contribution is 0.0966. The molecule has 0 bridgehead atoms. The molecule has 0 atom stereocenters. The standard InChI is InChI=1S/C27H25FN6O2/c1-15-13-29-25(31-15)21-11-10-19(22-14-30-26(35)24(21)22)20-9-6-17(12-23(20)28)33-27(36)32-16-4-7-18(8-5-16)34(2)3/h4-13H,14H2,1-3H3,(H,29,31)(H,30,35)(H2,32,33,36). The first-order valence-corrected chi connectivity index (χ1v) is 11.4. The predicted octanol–water partition coefficient (Wildman–Crippen LogP) is 5.14. The fourth-order valence-corrected chi connectivity index (χ4v) is 4.29. The van der Waals surface area contributed by atoms with Gasteiger partial charge in [0.1, 0.15) is 11.6 Å². The maximum atomic E-state index is 15.2. The minimum absolute atomic E-state index is 0.218. The number of nitrogens with zero attached hydrogens (tertiary/aromatic N) is 2. The summed E-state index contributed by atoms with van der Waals surface area (Å²) in [7, 11) is 3.87. The largest absolute Gasteiger partial charge is 0.378 e. The molecule has 0 radical (unpaired) electrons. The highest BCUT2D eigenvalue weighted by Gasteiger charge is 2.28. The Labute approximate surface area is 207 Å². The number of amides is 3. The Balaban J connectivity index is 1.38. The van der Waals surface area contributed by atoms with Crippen molar-refractivity contribution in [1.29, 1.82) is 0 Å². The molecule has 1 aromatic heterocycles. The van der Waals surface area contributed by atoms with Crippen LogP contribution < -0.4 is 20.9 Å². The quantitative estimate of drug-likeness (QED) is 0.315. The average molecular weight is 485 g/mol. The zero-order chi connectivity index (χ0) is 25.4. The van der Waals surface area contributed by atoms with Crippen molar-refractivity contribution < 1.29 is 14.0 Å². The topological polar surface area (TPSA) is 102 Å². The number of hydrogen-bond acceptors (Lipinski definition) is 4. The number of rotatable bonds is 5. The van der Waals surface area contributed by atoms with Crippen LogP contribution in [-0.2, 0) is 6.54 Å². The van der Waals surface area contributed by atoms with Gasteiger partial charge in [0.15, 0.2) is 0 Å². The van der Waals surface area contributed by atoms with Gasteiger partial charge in [-0.05, 0) is 66.6 Å². The average Bonchev–Trinajstić information content (AvgIpc) is 3.45. The number of benzene rings is 3. The number of aromatic nitrogens is 2. The summed E-state index contributed by atoms with van der Waals surface area (Å²) < 4.78 is 15.2. The highest BCUT2D eigenvalue weighted by atomic mass is 19.1. The van der Waals surface area contributed by atoms with Crippen LogP contribution >= 0.6 is 0 Å². The summed E-state index contributed by atoms with van der Waals surface area (Å²) in [6, 6.07) is 15.0. The molecular formula is C27H25FN6O2. The molecule has 0 spiro atoms. The van der Waals surface area contributed by atoms with E-state index >= 15 is 4.39 Å². The van der Waals surface area contributed by atoms with Crippen LogP contribution in [-0.4, -0.2) is 36.0 Å². The SMILES string of the molecule is Cc1cnc(-c2ccc(-c3ccc(NC(=O)Nc4ccc(N(C)C)cc4)cc3F)c3c2C(=O)NC3)[nH]1. The molecule has 0 saturated heterocycles. The first-order valence-electron chi connectivity index (χ1n) is 11.4. The summed E-state index contributed by atoms with van der Waals surface area (Å²) in [6.45, 7) is 2.18. The number of halogens is 1. The predicted molar refractivity (Wildman–Crippen MR) is 139 cm³/mol. The number of imidazole rings is 1. The number of aryl methyl sites for hydroxylation is 1. The Morgan fingerprint density at radius 3 is 2.31 bits per heavy atom. The molecule has 0 unspecified atom stereocenters. The first kappa shape index (κ1) is 23.1. The Bertz CT molecular complexity index is 1480. The van der Waals surface area contributed by atoms with E-state index in [0.29, 0.717) is 51.6 Å². The van der Waals surface area contributed by atoms with Crippen molar-refractivity contribution in [3.05, 3.63) is 83.4 Å². The molecule has 3 aromatic carbocycles. The molecule has 9 heteroatoms. The second kappa shape index (κ2) is 9.18. The van der Waals surface area contributed by atoms with Crippen LogP contribution in [0.15, 0.2) is 60.8 Å². The number of anilines is 3. The van der Waals surface area contributed by atoms with Crippen molar-refractivity contribution in [1.82, 2.24) is 15.3 Å².